The van der Waals surface area contributed by atoms with Crippen molar-refractivity contribution < 1.29 is 33.0 Å². The second-order valence-electron chi connectivity index (χ2n) is 7.78. The monoisotopic (exact) mass is 478 g/mol. The van der Waals surface area contributed by atoms with Crippen molar-refractivity contribution >= 4 is 35.4 Å². The van der Waals surface area contributed by atoms with Crippen LogP contribution in [0.2, 0.25) is 5.02 Å². The molecule has 8 heteroatoms. The minimum Gasteiger partial charge on any atom is -0.465 e. The van der Waals surface area contributed by atoms with Gasteiger partial charge in [0, 0.05) is 11.5 Å². The van der Waals surface area contributed by atoms with Gasteiger partial charge >= 0.3 is 11.9 Å². The van der Waals surface area contributed by atoms with E-state index >= 15 is 0 Å². The molecule has 0 N–H and O–H groups in total. The zero-order chi connectivity index (χ0) is 24.0. The quantitative estimate of drug-likeness (QED) is 0.288. The number of hydrogen-bond acceptors (Lipinski definition) is 6. The van der Waals surface area contributed by atoms with Crippen LogP contribution in [0, 0.1) is 5.82 Å². The maximum Gasteiger partial charge on any atom is 0.337 e. The van der Waals surface area contributed by atoms with Crippen molar-refractivity contribution in [2.45, 2.75) is 12.3 Å². The van der Waals surface area contributed by atoms with Gasteiger partial charge < -0.3 is 14.2 Å². The number of ether oxygens (including phenoxy) is 3. The lowest BCUT2D eigenvalue weighted by molar-refractivity contribution is -0.135. The number of carbonyl (C=O) groups excluding carboxylic acids is 3. The van der Waals surface area contributed by atoms with Gasteiger partial charge in [-0.25, -0.2) is 9.18 Å². The van der Waals surface area contributed by atoms with Gasteiger partial charge in [0.05, 0.1) is 29.7 Å². The first-order chi connectivity index (χ1) is 16.4. The predicted octanol–water partition coefficient (Wildman–Crippen LogP) is 5.32. The number of benzene rings is 3. The number of Topliss-reactive ketones (excluding diaryl/α,β-unsaturated/α-hetero) is 1. The standard InChI is InChI=1S/C26H16ClFO6/c1-32-26(31)14-7-5-13(6-8-14)11-20-24(30)16-9-10-19-22(25(16)34-20)17(12-21(29)33-19)15-3-2-4-18(27)23(15)28/h2-11,17H,12H2,1H3/b20-11-/t17-/m0/s1. The fraction of sp³-hybridized carbons (Fsp3) is 0.115. The first-order valence-electron chi connectivity index (χ1n) is 10.3. The second-order valence-corrected chi connectivity index (χ2v) is 8.19. The van der Waals surface area contributed by atoms with Crippen LogP contribution in [0.3, 0.4) is 0 Å². The van der Waals surface area contributed by atoms with Crippen molar-refractivity contribution in [3.63, 3.8) is 0 Å². The molecule has 0 fully saturated rings. The van der Waals surface area contributed by atoms with Gasteiger partial charge in [0.1, 0.15) is 17.3 Å². The molecule has 0 amide bonds. The first-order valence-corrected chi connectivity index (χ1v) is 10.7. The van der Waals surface area contributed by atoms with Gasteiger partial charge in [-0.15, -0.1) is 0 Å². The second kappa shape index (κ2) is 8.43. The number of allylic oxidation sites excluding steroid dienone is 1. The summed E-state index contributed by atoms with van der Waals surface area (Å²) in [7, 11) is 1.29. The van der Waals surface area contributed by atoms with Crippen LogP contribution in [0.25, 0.3) is 6.08 Å². The van der Waals surface area contributed by atoms with E-state index in [0.29, 0.717) is 16.7 Å². The molecule has 0 aromatic heterocycles. The average molecular weight is 479 g/mol. The molecule has 0 spiro atoms. The highest BCUT2D eigenvalue weighted by atomic mass is 35.5. The lowest BCUT2D eigenvalue weighted by Crippen LogP contribution is -2.22. The van der Waals surface area contributed by atoms with Crippen molar-refractivity contribution in [2.75, 3.05) is 7.11 Å². The Morgan fingerprint density at radius 1 is 1.09 bits per heavy atom. The Labute approximate surface area is 198 Å². The van der Waals surface area contributed by atoms with Crippen LogP contribution >= 0.6 is 11.6 Å². The third kappa shape index (κ3) is 3.64. The number of carbonyl (C=O) groups is 3. The molecule has 0 radical (unpaired) electrons. The molecule has 0 unspecified atom stereocenters. The predicted molar refractivity (Wildman–Crippen MR) is 121 cm³/mol. The molecular formula is C26H16ClFO6. The Morgan fingerprint density at radius 2 is 1.85 bits per heavy atom. The van der Waals surface area contributed by atoms with E-state index in [-0.39, 0.29) is 45.6 Å². The van der Waals surface area contributed by atoms with E-state index in [0.717, 1.165) is 0 Å². The number of rotatable bonds is 3. The zero-order valence-electron chi connectivity index (χ0n) is 17.8. The molecule has 34 heavy (non-hydrogen) atoms. The summed E-state index contributed by atoms with van der Waals surface area (Å²) in [4.78, 5) is 36.9. The molecular weight excluding hydrogens is 463 g/mol. The van der Waals surface area contributed by atoms with Gasteiger partial charge in [0.15, 0.2) is 5.76 Å². The molecule has 3 aromatic carbocycles. The minimum atomic E-state index is -0.739. The number of hydrogen-bond donors (Lipinski definition) is 0. The third-order valence-corrected chi connectivity index (χ3v) is 6.06. The SMILES string of the molecule is COC(=O)c1ccc(/C=C2\Oc3c(ccc4c3[C@H](c3cccc(Cl)c3F)CC(=O)O4)C2=O)cc1. The Balaban J connectivity index is 1.56. The third-order valence-electron chi connectivity index (χ3n) is 5.77. The van der Waals surface area contributed by atoms with Crippen molar-refractivity contribution in [1.29, 1.82) is 0 Å². The summed E-state index contributed by atoms with van der Waals surface area (Å²) in [6, 6.07) is 14.0. The summed E-state index contributed by atoms with van der Waals surface area (Å²) >= 11 is 5.98. The van der Waals surface area contributed by atoms with Gasteiger partial charge in [-0.3, -0.25) is 9.59 Å². The van der Waals surface area contributed by atoms with Crippen LogP contribution in [-0.4, -0.2) is 24.8 Å². The van der Waals surface area contributed by atoms with Crippen LogP contribution in [0.15, 0.2) is 60.4 Å². The Hall–Kier alpha value is -3.97. The normalized spacial score (nSPS) is 17.6. The summed E-state index contributed by atoms with van der Waals surface area (Å²) in [5.41, 5.74) is 1.90. The molecule has 5 rings (SSSR count). The van der Waals surface area contributed by atoms with E-state index in [2.05, 4.69) is 4.74 Å². The van der Waals surface area contributed by atoms with Crippen LogP contribution < -0.4 is 9.47 Å². The number of halogens is 2. The van der Waals surface area contributed by atoms with E-state index < -0.39 is 23.7 Å². The molecule has 0 bridgehead atoms. The molecule has 2 aliphatic rings. The largest absolute Gasteiger partial charge is 0.465 e. The number of ketones is 1. The van der Waals surface area contributed by atoms with Crippen molar-refractivity contribution in [3.8, 4) is 11.5 Å². The zero-order valence-corrected chi connectivity index (χ0v) is 18.5. The topological polar surface area (TPSA) is 78.9 Å². The number of fused-ring (bicyclic) bond motifs is 3. The van der Waals surface area contributed by atoms with Gasteiger partial charge in [0.2, 0.25) is 5.78 Å². The number of methoxy groups -OCH3 is 1. The van der Waals surface area contributed by atoms with E-state index in [1.54, 1.807) is 42.5 Å². The smallest absolute Gasteiger partial charge is 0.337 e. The maximum atomic E-state index is 14.9. The highest BCUT2D eigenvalue weighted by molar-refractivity contribution is 6.30. The summed E-state index contributed by atoms with van der Waals surface area (Å²) in [6.07, 6.45) is 1.41. The van der Waals surface area contributed by atoms with Gasteiger partial charge in [-0.05, 0) is 47.5 Å². The Morgan fingerprint density at radius 3 is 2.59 bits per heavy atom. The Bertz CT molecular complexity index is 1390. The number of esters is 2. The summed E-state index contributed by atoms with van der Waals surface area (Å²) < 4.78 is 30.9. The van der Waals surface area contributed by atoms with Gasteiger partial charge in [-0.2, -0.15) is 0 Å². The molecule has 0 saturated carbocycles. The van der Waals surface area contributed by atoms with Crippen LogP contribution in [0.4, 0.5) is 4.39 Å². The maximum absolute atomic E-state index is 14.9. The molecule has 6 nitrogen and oxygen atoms in total. The van der Waals surface area contributed by atoms with E-state index in [9.17, 15) is 18.8 Å². The van der Waals surface area contributed by atoms with Gasteiger partial charge in [0.25, 0.3) is 0 Å². The lowest BCUT2D eigenvalue weighted by Gasteiger charge is -2.26. The summed E-state index contributed by atoms with van der Waals surface area (Å²) in [5, 5.41) is -0.0708. The van der Waals surface area contributed by atoms with Crippen LogP contribution in [0.1, 0.15) is 49.7 Å². The van der Waals surface area contributed by atoms with Crippen molar-refractivity contribution in [1.82, 2.24) is 0 Å². The van der Waals surface area contributed by atoms with E-state index in [4.69, 9.17) is 21.1 Å². The van der Waals surface area contributed by atoms with Crippen molar-refractivity contribution in [2.24, 2.45) is 0 Å². The van der Waals surface area contributed by atoms with Crippen LogP contribution in [-0.2, 0) is 9.53 Å². The highest BCUT2D eigenvalue weighted by Crippen LogP contribution is 2.49. The van der Waals surface area contributed by atoms with Crippen LogP contribution in [0.5, 0.6) is 11.5 Å². The molecule has 0 aliphatic carbocycles. The van der Waals surface area contributed by atoms with E-state index in [1.807, 2.05) is 0 Å². The average Bonchev–Trinajstić information content (AvgIpc) is 3.15. The molecule has 3 aromatic rings. The van der Waals surface area contributed by atoms with Crippen molar-refractivity contribution in [3.05, 3.63) is 99.0 Å². The highest BCUT2D eigenvalue weighted by Gasteiger charge is 2.39. The van der Waals surface area contributed by atoms with E-state index in [1.165, 1.54) is 25.3 Å². The minimum absolute atomic E-state index is 0.0523. The summed E-state index contributed by atoms with van der Waals surface area (Å²) in [6.45, 7) is 0. The molecule has 170 valence electrons. The molecule has 0 saturated heterocycles. The fourth-order valence-corrected chi connectivity index (χ4v) is 4.33. The van der Waals surface area contributed by atoms with Gasteiger partial charge in [-0.1, -0.05) is 35.9 Å². The first kappa shape index (κ1) is 21.9. The fourth-order valence-electron chi connectivity index (χ4n) is 4.15. The molecule has 2 heterocycles. The lowest BCUT2D eigenvalue weighted by atomic mass is 9.84. The molecule has 2 aliphatic heterocycles. The summed E-state index contributed by atoms with van der Waals surface area (Å²) in [5.74, 6) is -2.27. The molecule has 1 atom stereocenters. The Kier molecular flexibility index (Phi) is 5.42.